The summed E-state index contributed by atoms with van der Waals surface area (Å²) in [6.45, 7) is 20.9. The topological polar surface area (TPSA) is 0 Å². The van der Waals surface area contributed by atoms with E-state index in [1.54, 1.807) is 0 Å². The van der Waals surface area contributed by atoms with Gasteiger partial charge in [0.05, 0.1) is 0 Å². The Morgan fingerprint density at radius 2 is 0.750 bits per heavy atom. The fourth-order valence-corrected chi connectivity index (χ4v) is 67.5. The molecule has 2 atom stereocenters. The highest BCUT2D eigenvalue weighted by molar-refractivity contribution is 7.70. The first-order chi connectivity index (χ1) is 5.07. The summed E-state index contributed by atoms with van der Waals surface area (Å²) in [5.41, 5.74) is 0. The van der Waals surface area contributed by atoms with E-state index in [2.05, 4.69) is 52.4 Å². The molecule has 0 bridgehead atoms. The Labute approximate surface area is 83.4 Å². The van der Waals surface area contributed by atoms with Crippen LogP contribution < -0.4 is 0 Å². The highest BCUT2D eigenvalue weighted by atomic mass is 29.8. The number of rotatable bonds is 3. The Kier molecular flexibility index (Phi) is 4.22. The van der Waals surface area contributed by atoms with Gasteiger partial charge in [-0.2, -0.15) is 0 Å². The molecule has 0 aliphatic rings. The van der Waals surface area contributed by atoms with Gasteiger partial charge in [-0.3, -0.25) is 0 Å². The molecule has 4 heteroatoms. The third kappa shape index (κ3) is 3.72. The van der Waals surface area contributed by atoms with Crippen molar-refractivity contribution in [1.82, 2.24) is 0 Å². The zero-order valence-electron chi connectivity index (χ0n) is 10.2. The molecule has 2 unspecified atom stereocenters. The third-order valence-electron chi connectivity index (χ3n) is 3.48. The monoisotopic (exact) mass is 234 g/mol. The zero-order chi connectivity index (χ0) is 10.2. The summed E-state index contributed by atoms with van der Waals surface area (Å²) < 4.78 is 0. The van der Waals surface area contributed by atoms with Crippen LogP contribution in [0.15, 0.2) is 0 Å². The molecule has 0 nitrogen and oxygen atoms in total. The average molecular weight is 235 g/mol. The highest BCUT2D eigenvalue weighted by Crippen LogP contribution is 2.16. The molecule has 0 amide bonds. The maximum Gasteiger partial charge on any atom is 0.0315 e. The first-order valence-corrected chi connectivity index (χ1v) is 20.7. The Hall–Kier alpha value is 0.868. The molecular formula is C8H26Si4. The predicted octanol–water partition coefficient (Wildman–Crippen LogP) is 2.61. The van der Waals surface area contributed by atoms with E-state index < -0.39 is 15.2 Å². The first-order valence-electron chi connectivity index (χ1n) is 5.07. The van der Waals surface area contributed by atoms with Crippen LogP contribution in [-0.4, -0.2) is 30.8 Å². The van der Waals surface area contributed by atoms with Crippen molar-refractivity contribution in [3.8, 4) is 0 Å². The van der Waals surface area contributed by atoms with E-state index in [1.165, 1.54) is 0 Å². The van der Waals surface area contributed by atoms with E-state index in [4.69, 9.17) is 0 Å². The summed E-state index contributed by atoms with van der Waals surface area (Å²) in [6, 6.07) is 0. The van der Waals surface area contributed by atoms with Crippen LogP contribution in [0.4, 0.5) is 0 Å². The molecule has 0 N–H and O–H groups in total. The first kappa shape index (κ1) is 12.9. The third-order valence-corrected chi connectivity index (χ3v) is 61.3. The zero-order valence-corrected chi connectivity index (χ0v) is 14.5. The van der Waals surface area contributed by atoms with Crippen LogP contribution in [0.5, 0.6) is 0 Å². The van der Waals surface area contributed by atoms with E-state index in [-0.39, 0.29) is 15.7 Å². The van der Waals surface area contributed by atoms with Gasteiger partial charge in [0, 0.05) is 30.8 Å². The Bertz CT molecular complexity index is 124. The van der Waals surface area contributed by atoms with Gasteiger partial charge in [-0.1, -0.05) is 52.4 Å². The normalized spacial score (nSPS) is 19.0. The largest absolute Gasteiger partial charge is 0.0761 e. The van der Waals surface area contributed by atoms with Gasteiger partial charge in [0.1, 0.15) is 0 Å². The van der Waals surface area contributed by atoms with E-state index in [0.717, 1.165) is 0 Å². The van der Waals surface area contributed by atoms with Crippen molar-refractivity contribution >= 4 is 30.8 Å². The van der Waals surface area contributed by atoms with Gasteiger partial charge in [-0.05, 0) is 0 Å². The quantitative estimate of drug-likeness (QED) is 0.659. The van der Waals surface area contributed by atoms with Crippen molar-refractivity contribution in [2.75, 3.05) is 0 Å². The second kappa shape index (κ2) is 3.94. The SMILES string of the molecule is C[SiH]([SiH](C)[Si](C)(C)C)[Si](C)(C)C. The summed E-state index contributed by atoms with van der Waals surface area (Å²) in [4.78, 5) is 0. The van der Waals surface area contributed by atoms with Crippen molar-refractivity contribution in [2.24, 2.45) is 0 Å². The maximum absolute atomic E-state index is 2.67. The molecule has 0 aromatic rings. The number of hydrogen-bond acceptors (Lipinski definition) is 0. The van der Waals surface area contributed by atoms with Gasteiger partial charge >= 0.3 is 0 Å². The van der Waals surface area contributed by atoms with Crippen molar-refractivity contribution in [2.45, 2.75) is 52.4 Å². The lowest BCUT2D eigenvalue weighted by Gasteiger charge is -2.35. The molecule has 0 rings (SSSR count). The van der Waals surface area contributed by atoms with Crippen molar-refractivity contribution < 1.29 is 0 Å². The van der Waals surface area contributed by atoms with Crippen molar-refractivity contribution in [3.05, 3.63) is 0 Å². The smallest absolute Gasteiger partial charge is 0.0315 e. The molecule has 12 heavy (non-hydrogen) atoms. The van der Waals surface area contributed by atoms with Crippen LogP contribution >= 0.6 is 0 Å². The summed E-state index contributed by atoms with van der Waals surface area (Å²) in [6.07, 6.45) is 0. The summed E-state index contributed by atoms with van der Waals surface area (Å²) in [7, 11) is -1.94. The molecule has 0 aliphatic heterocycles. The summed E-state index contributed by atoms with van der Waals surface area (Å²) >= 11 is 0. The van der Waals surface area contributed by atoms with Gasteiger partial charge < -0.3 is 0 Å². The maximum atomic E-state index is 2.67. The molecule has 0 spiro atoms. The van der Waals surface area contributed by atoms with Crippen LogP contribution in [0.2, 0.25) is 52.4 Å². The van der Waals surface area contributed by atoms with E-state index in [0.29, 0.717) is 0 Å². The van der Waals surface area contributed by atoms with Crippen LogP contribution in [0.25, 0.3) is 0 Å². The Morgan fingerprint density at radius 1 is 0.583 bits per heavy atom. The second-order valence-electron chi connectivity index (χ2n) is 6.31. The van der Waals surface area contributed by atoms with Crippen LogP contribution in [0.3, 0.4) is 0 Å². The predicted molar refractivity (Wildman–Crippen MR) is 72.7 cm³/mol. The molecule has 0 saturated carbocycles. The minimum atomic E-state index is -0.698. The minimum absolute atomic E-state index is 0.270. The van der Waals surface area contributed by atoms with Gasteiger partial charge in [-0.15, -0.1) is 0 Å². The molecule has 0 aromatic carbocycles. The van der Waals surface area contributed by atoms with Crippen molar-refractivity contribution in [3.63, 3.8) is 0 Å². The highest BCUT2D eigenvalue weighted by Gasteiger charge is 2.36. The van der Waals surface area contributed by atoms with Crippen molar-refractivity contribution in [1.29, 1.82) is 0 Å². The lowest BCUT2D eigenvalue weighted by Crippen LogP contribution is -2.60. The lowest BCUT2D eigenvalue weighted by molar-refractivity contribution is 1.81. The number of hydrogen-bond donors (Lipinski definition) is 0. The van der Waals surface area contributed by atoms with Crippen LogP contribution in [0.1, 0.15) is 0 Å². The van der Waals surface area contributed by atoms with Gasteiger partial charge in [0.2, 0.25) is 0 Å². The molecule has 0 fully saturated rings. The standard InChI is InChI=1S/C8H26Si4/c1-9(11(3,4)5)10(2)12(6,7)8/h9-10H,1-8H3. The fourth-order valence-electron chi connectivity index (χ4n) is 1.50. The molecule has 0 aliphatic carbocycles. The summed E-state index contributed by atoms with van der Waals surface area (Å²) in [5.74, 6) is 0. The van der Waals surface area contributed by atoms with E-state index in [1.807, 2.05) is 0 Å². The molecule has 0 radical (unpaired) electrons. The van der Waals surface area contributed by atoms with Gasteiger partial charge in [0.15, 0.2) is 0 Å². The second-order valence-corrected chi connectivity index (χ2v) is 44.8. The Morgan fingerprint density at radius 3 is 0.833 bits per heavy atom. The van der Waals surface area contributed by atoms with Gasteiger partial charge in [0.25, 0.3) is 0 Å². The van der Waals surface area contributed by atoms with Crippen LogP contribution in [0, 0.1) is 0 Å². The molecule has 74 valence electrons. The molecule has 0 saturated heterocycles. The van der Waals surface area contributed by atoms with E-state index in [9.17, 15) is 0 Å². The molecule has 0 heterocycles. The lowest BCUT2D eigenvalue weighted by atomic mass is 11.8. The van der Waals surface area contributed by atoms with E-state index >= 15 is 0 Å². The fraction of sp³-hybridized carbons (Fsp3) is 1.00. The molecular weight excluding hydrogens is 208 g/mol. The van der Waals surface area contributed by atoms with Crippen LogP contribution in [-0.2, 0) is 0 Å². The van der Waals surface area contributed by atoms with Gasteiger partial charge in [-0.25, -0.2) is 0 Å². The average Bonchev–Trinajstić information content (AvgIpc) is 1.80. The summed E-state index contributed by atoms with van der Waals surface area (Å²) in [5, 5.41) is 0. The Balaban J connectivity index is 4.41. The minimum Gasteiger partial charge on any atom is -0.0761 e. The molecule has 0 aromatic heterocycles.